The van der Waals surface area contributed by atoms with Crippen LogP contribution in [0, 0.1) is 0 Å². The Morgan fingerprint density at radius 3 is 2.70 bits per heavy atom. The molecule has 0 aliphatic rings. The monoisotopic (exact) mass is 310 g/mol. The molecule has 0 radical (unpaired) electrons. The van der Waals surface area contributed by atoms with E-state index in [1.165, 1.54) is 25.3 Å². The molecule has 20 heavy (non-hydrogen) atoms. The van der Waals surface area contributed by atoms with Gasteiger partial charge in [0.1, 0.15) is 11.5 Å². The summed E-state index contributed by atoms with van der Waals surface area (Å²) in [5.74, 6) is 0.238. The summed E-state index contributed by atoms with van der Waals surface area (Å²) in [6.45, 7) is -2.63. The van der Waals surface area contributed by atoms with E-state index in [0.29, 0.717) is 11.3 Å². The number of carbonyl (C=O) groups is 1. The number of amides is 1. The van der Waals surface area contributed by atoms with E-state index < -0.39 is 6.61 Å². The number of carbonyl (C=O) groups excluding carboxylic acids is 1. The van der Waals surface area contributed by atoms with Gasteiger partial charge in [-0.05, 0) is 18.2 Å². The van der Waals surface area contributed by atoms with Crippen LogP contribution in [0.3, 0.4) is 0 Å². The molecule has 0 bridgehead atoms. The minimum absolute atomic E-state index is 0. The number of ether oxygens (including phenoxy) is 2. The number of nitrogens with two attached hydrogens (primary N) is 1. The maximum Gasteiger partial charge on any atom is 0.387 e. The summed E-state index contributed by atoms with van der Waals surface area (Å²) in [5, 5.41) is 2.57. The first kappa shape index (κ1) is 18.4. The van der Waals surface area contributed by atoms with Crippen molar-refractivity contribution in [2.24, 2.45) is 5.73 Å². The normalized spacial score (nSPS) is 9.85. The number of benzene rings is 1. The van der Waals surface area contributed by atoms with Gasteiger partial charge in [-0.15, -0.1) is 12.4 Å². The highest BCUT2D eigenvalue weighted by molar-refractivity contribution is 5.85. The lowest BCUT2D eigenvalue weighted by Crippen LogP contribution is -2.25. The highest BCUT2D eigenvalue weighted by Gasteiger charge is 2.11. The number of halogens is 3. The number of hydrogen-bond acceptors (Lipinski definition) is 4. The van der Waals surface area contributed by atoms with Crippen LogP contribution >= 0.6 is 12.4 Å². The van der Waals surface area contributed by atoms with Crippen molar-refractivity contribution in [1.29, 1.82) is 0 Å². The van der Waals surface area contributed by atoms with Crippen molar-refractivity contribution < 1.29 is 23.0 Å². The summed E-state index contributed by atoms with van der Waals surface area (Å²) in [7, 11) is 1.46. The van der Waals surface area contributed by atoms with Crippen LogP contribution in [0.25, 0.3) is 0 Å². The molecule has 0 aliphatic carbocycles. The molecule has 0 aromatic heterocycles. The van der Waals surface area contributed by atoms with Gasteiger partial charge in [-0.2, -0.15) is 8.78 Å². The molecular weight excluding hydrogens is 294 g/mol. The first-order chi connectivity index (χ1) is 9.06. The van der Waals surface area contributed by atoms with Gasteiger partial charge in [0.05, 0.1) is 7.11 Å². The van der Waals surface area contributed by atoms with Gasteiger partial charge in [-0.1, -0.05) is 0 Å². The Morgan fingerprint density at radius 1 is 1.45 bits per heavy atom. The Hall–Kier alpha value is -1.60. The van der Waals surface area contributed by atoms with Crippen molar-refractivity contribution in [3.8, 4) is 11.5 Å². The molecule has 0 unspecified atom stereocenters. The van der Waals surface area contributed by atoms with Crippen LogP contribution in [0.5, 0.6) is 11.5 Å². The Labute approximate surface area is 121 Å². The average molecular weight is 311 g/mol. The van der Waals surface area contributed by atoms with E-state index in [-0.39, 0.29) is 43.6 Å². The number of methoxy groups -OCH3 is 1. The molecule has 5 nitrogen and oxygen atoms in total. The third-order valence-corrected chi connectivity index (χ3v) is 2.33. The average Bonchev–Trinajstić information content (AvgIpc) is 2.37. The van der Waals surface area contributed by atoms with Gasteiger partial charge in [0.25, 0.3) is 0 Å². The topological polar surface area (TPSA) is 73.6 Å². The highest BCUT2D eigenvalue weighted by Crippen LogP contribution is 2.25. The van der Waals surface area contributed by atoms with Gasteiger partial charge in [0, 0.05) is 25.1 Å². The molecule has 0 atom stereocenters. The van der Waals surface area contributed by atoms with Gasteiger partial charge in [0.2, 0.25) is 5.91 Å². The molecule has 1 aromatic carbocycles. The van der Waals surface area contributed by atoms with Gasteiger partial charge in [0.15, 0.2) is 0 Å². The minimum atomic E-state index is -2.92. The fourth-order valence-corrected chi connectivity index (χ4v) is 1.45. The van der Waals surface area contributed by atoms with Crippen molar-refractivity contribution in [2.45, 2.75) is 19.6 Å². The summed E-state index contributed by atoms with van der Waals surface area (Å²) < 4.78 is 33.9. The lowest BCUT2D eigenvalue weighted by atomic mass is 10.2. The van der Waals surface area contributed by atoms with Crippen LogP contribution in [0.2, 0.25) is 0 Å². The number of hydrogen-bond donors (Lipinski definition) is 2. The summed E-state index contributed by atoms with van der Waals surface area (Å²) in [4.78, 5) is 11.3. The predicted molar refractivity (Wildman–Crippen MR) is 72.4 cm³/mol. The van der Waals surface area contributed by atoms with Crippen LogP contribution in [0.1, 0.15) is 12.0 Å². The van der Waals surface area contributed by atoms with Crippen LogP contribution in [-0.2, 0) is 11.3 Å². The molecule has 114 valence electrons. The van der Waals surface area contributed by atoms with E-state index in [2.05, 4.69) is 10.1 Å². The second kappa shape index (κ2) is 9.33. The molecule has 1 amide bonds. The molecule has 3 N–H and O–H groups in total. The van der Waals surface area contributed by atoms with Crippen molar-refractivity contribution >= 4 is 18.3 Å². The van der Waals surface area contributed by atoms with Crippen LogP contribution < -0.4 is 20.5 Å². The predicted octanol–water partition coefficient (Wildman–Crippen LogP) is 1.68. The summed E-state index contributed by atoms with van der Waals surface area (Å²) in [6, 6.07) is 4.40. The maximum absolute atomic E-state index is 12.2. The molecule has 0 saturated heterocycles. The molecule has 0 spiro atoms. The largest absolute Gasteiger partial charge is 0.497 e. The van der Waals surface area contributed by atoms with Crippen LogP contribution in [0.15, 0.2) is 18.2 Å². The van der Waals surface area contributed by atoms with E-state index >= 15 is 0 Å². The van der Waals surface area contributed by atoms with Crippen molar-refractivity contribution in [2.75, 3.05) is 13.7 Å². The summed E-state index contributed by atoms with van der Waals surface area (Å²) in [5.41, 5.74) is 5.64. The second-order valence-electron chi connectivity index (χ2n) is 3.67. The summed E-state index contributed by atoms with van der Waals surface area (Å²) >= 11 is 0. The molecule has 1 aromatic rings. The molecule has 0 fully saturated rings. The van der Waals surface area contributed by atoms with Gasteiger partial charge in [-0.3, -0.25) is 4.79 Å². The zero-order valence-electron chi connectivity index (χ0n) is 10.9. The maximum atomic E-state index is 12.2. The number of rotatable bonds is 7. The second-order valence-corrected chi connectivity index (χ2v) is 3.67. The Bertz CT molecular complexity index is 433. The Kier molecular flexibility index (Phi) is 8.58. The fourth-order valence-electron chi connectivity index (χ4n) is 1.45. The highest BCUT2D eigenvalue weighted by atomic mass is 35.5. The van der Waals surface area contributed by atoms with Gasteiger partial charge in [-0.25, -0.2) is 0 Å². The lowest BCUT2D eigenvalue weighted by molar-refractivity contribution is -0.121. The first-order valence-electron chi connectivity index (χ1n) is 5.65. The minimum Gasteiger partial charge on any atom is -0.497 e. The van der Waals surface area contributed by atoms with E-state index in [1.54, 1.807) is 0 Å². The third-order valence-electron chi connectivity index (χ3n) is 2.33. The molecule has 1 rings (SSSR count). The standard InChI is InChI=1S/C12H16F2N2O3.ClH/c1-18-9-2-3-10(19-12(13)14)8(6-9)7-16-11(17)4-5-15;/h2-3,6,12H,4-5,7,15H2,1H3,(H,16,17);1H. The zero-order valence-corrected chi connectivity index (χ0v) is 11.7. The molecule has 0 aliphatic heterocycles. The van der Waals surface area contributed by atoms with Crippen molar-refractivity contribution in [1.82, 2.24) is 5.32 Å². The SMILES string of the molecule is COc1ccc(OC(F)F)c(CNC(=O)CCN)c1.Cl. The third kappa shape index (κ3) is 6.03. The quantitative estimate of drug-likeness (QED) is 0.803. The van der Waals surface area contributed by atoms with E-state index in [1.807, 2.05) is 0 Å². The first-order valence-corrected chi connectivity index (χ1v) is 5.65. The van der Waals surface area contributed by atoms with E-state index in [9.17, 15) is 13.6 Å². The Morgan fingerprint density at radius 2 is 2.15 bits per heavy atom. The van der Waals surface area contributed by atoms with Crippen LogP contribution in [-0.4, -0.2) is 26.2 Å². The fraction of sp³-hybridized carbons (Fsp3) is 0.417. The van der Waals surface area contributed by atoms with Gasteiger partial charge >= 0.3 is 6.61 Å². The smallest absolute Gasteiger partial charge is 0.387 e. The lowest BCUT2D eigenvalue weighted by Gasteiger charge is -2.13. The van der Waals surface area contributed by atoms with Gasteiger partial charge < -0.3 is 20.5 Å². The molecular formula is C12H17ClF2N2O3. The van der Waals surface area contributed by atoms with Crippen molar-refractivity contribution in [3.05, 3.63) is 23.8 Å². The molecule has 0 heterocycles. The summed E-state index contributed by atoms with van der Waals surface area (Å²) in [6.07, 6.45) is 0.176. The van der Waals surface area contributed by atoms with Crippen LogP contribution in [0.4, 0.5) is 8.78 Å². The Balaban J connectivity index is 0.00000361. The number of nitrogens with one attached hydrogen (secondary N) is 1. The molecule has 8 heteroatoms. The van der Waals surface area contributed by atoms with E-state index in [0.717, 1.165) is 0 Å². The molecule has 0 saturated carbocycles. The van der Waals surface area contributed by atoms with E-state index in [4.69, 9.17) is 10.5 Å². The number of alkyl halides is 2. The van der Waals surface area contributed by atoms with Crippen molar-refractivity contribution in [3.63, 3.8) is 0 Å². The zero-order chi connectivity index (χ0) is 14.3.